The first-order valence-electron chi connectivity index (χ1n) is 9.53. The van der Waals surface area contributed by atoms with Gasteiger partial charge in [0.1, 0.15) is 5.82 Å². The van der Waals surface area contributed by atoms with Crippen molar-refractivity contribution in [2.24, 2.45) is 0 Å². The minimum absolute atomic E-state index is 0.106. The first-order valence-corrected chi connectivity index (χ1v) is 11.3. The lowest BCUT2D eigenvalue weighted by molar-refractivity contribution is -0.113. The van der Waals surface area contributed by atoms with Gasteiger partial charge in [0.15, 0.2) is 4.34 Å². The van der Waals surface area contributed by atoms with Crippen molar-refractivity contribution >= 4 is 40.0 Å². The van der Waals surface area contributed by atoms with E-state index in [0.29, 0.717) is 5.82 Å². The minimum atomic E-state index is -0.122. The van der Waals surface area contributed by atoms with E-state index in [1.54, 1.807) is 4.68 Å². The molecule has 1 aromatic carbocycles. The molecule has 0 saturated carbocycles. The maximum absolute atomic E-state index is 12.6. The molecule has 7 nitrogen and oxygen atoms in total. The van der Waals surface area contributed by atoms with Gasteiger partial charge in [-0.1, -0.05) is 69.0 Å². The van der Waals surface area contributed by atoms with Crippen molar-refractivity contribution in [3.63, 3.8) is 0 Å². The number of nitrogens with zero attached hydrogens (tertiary/aromatic N) is 4. The molecule has 1 amide bonds. The Morgan fingerprint density at radius 2 is 1.97 bits per heavy atom. The van der Waals surface area contributed by atoms with E-state index in [9.17, 15) is 4.79 Å². The first-order chi connectivity index (χ1) is 13.9. The molecular formula is C20H26N6OS2. The standard InChI is InChI=1S/C20H26N6OS2/c1-5-11-21-18-23-24-19(29-18)28-13-17(27)22-16-12-15(20(2,3)4)25-26(16)14-9-7-6-8-10-14/h6-10,12H,5,11,13H2,1-4H3,(H,21,23)(H,22,27). The van der Waals surface area contributed by atoms with Crippen LogP contribution in [0.3, 0.4) is 0 Å². The van der Waals surface area contributed by atoms with Crippen molar-refractivity contribution in [1.82, 2.24) is 20.0 Å². The Labute approximate surface area is 179 Å². The van der Waals surface area contributed by atoms with Crippen molar-refractivity contribution in [1.29, 1.82) is 0 Å². The van der Waals surface area contributed by atoms with Crippen LogP contribution >= 0.6 is 23.1 Å². The van der Waals surface area contributed by atoms with Crippen molar-refractivity contribution < 1.29 is 4.79 Å². The highest BCUT2D eigenvalue weighted by atomic mass is 32.2. The number of anilines is 2. The van der Waals surface area contributed by atoms with Crippen LogP contribution < -0.4 is 10.6 Å². The number of carbonyl (C=O) groups is 1. The lowest BCUT2D eigenvalue weighted by Crippen LogP contribution is -2.16. The van der Waals surface area contributed by atoms with Gasteiger partial charge >= 0.3 is 0 Å². The Kier molecular flexibility index (Phi) is 6.92. The largest absolute Gasteiger partial charge is 0.360 e. The average molecular weight is 431 g/mol. The summed E-state index contributed by atoms with van der Waals surface area (Å²) in [6.07, 6.45) is 1.02. The number of amides is 1. The van der Waals surface area contributed by atoms with Gasteiger partial charge in [-0.05, 0) is 18.6 Å². The summed E-state index contributed by atoms with van der Waals surface area (Å²) in [6.45, 7) is 9.27. The average Bonchev–Trinajstić information content (AvgIpc) is 3.32. The molecule has 154 valence electrons. The van der Waals surface area contributed by atoms with Crippen LogP contribution in [-0.4, -0.2) is 38.2 Å². The van der Waals surface area contributed by atoms with E-state index >= 15 is 0 Å². The smallest absolute Gasteiger partial charge is 0.235 e. The van der Waals surface area contributed by atoms with E-state index in [0.717, 1.165) is 33.8 Å². The summed E-state index contributed by atoms with van der Waals surface area (Å²) < 4.78 is 2.55. The van der Waals surface area contributed by atoms with Gasteiger partial charge in [0.2, 0.25) is 11.0 Å². The van der Waals surface area contributed by atoms with E-state index in [1.165, 1.54) is 23.1 Å². The second-order valence-electron chi connectivity index (χ2n) is 7.55. The number of nitrogens with one attached hydrogen (secondary N) is 2. The third-order valence-corrected chi connectivity index (χ3v) is 6.02. The van der Waals surface area contributed by atoms with E-state index < -0.39 is 0 Å². The van der Waals surface area contributed by atoms with Crippen LogP contribution in [0.2, 0.25) is 0 Å². The van der Waals surface area contributed by atoms with Crippen molar-refractivity contribution in [2.45, 2.75) is 43.9 Å². The van der Waals surface area contributed by atoms with Gasteiger partial charge in [-0.3, -0.25) is 4.79 Å². The molecule has 2 heterocycles. The molecule has 0 aliphatic rings. The van der Waals surface area contributed by atoms with Gasteiger partial charge in [-0.25, -0.2) is 4.68 Å². The molecule has 0 fully saturated rings. The van der Waals surface area contributed by atoms with Gasteiger partial charge in [0.25, 0.3) is 0 Å². The second kappa shape index (κ2) is 9.41. The second-order valence-corrected chi connectivity index (χ2v) is 9.75. The molecule has 9 heteroatoms. The van der Waals surface area contributed by atoms with Crippen LogP contribution in [0, 0.1) is 0 Å². The predicted octanol–water partition coefficient (Wildman–Crippen LogP) is 4.57. The Hall–Kier alpha value is -2.39. The topological polar surface area (TPSA) is 84.7 Å². The fourth-order valence-corrected chi connectivity index (χ4v) is 4.06. The number of carbonyl (C=O) groups excluding carboxylic acids is 1. The van der Waals surface area contributed by atoms with Crippen LogP contribution in [-0.2, 0) is 10.2 Å². The maximum atomic E-state index is 12.6. The number of rotatable bonds is 8. The highest BCUT2D eigenvalue weighted by molar-refractivity contribution is 8.01. The molecular weight excluding hydrogens is 404 g/mol. The van der Waals surface area contributed by atoms with E-state index in [2.05, 4.69) is 48.5 Å². The van der Waals surface area contributed by atoms with Gasteiger partial charge in [0, 0.05) is 18.0 Å². The Morgan fingerprint density at radius 1 is 1.21 bits per heavy atom. The summed E-state index contributed by atoms with van der Waals surface area (Å²) in [6, 6.07) is 11.7. The third-order valence-electron chi connectivity index (χ3n) is 4.01. The monoisotopic (exact) mass is 430 g/mol. The lowest BCUT2D eigenvalue weighted by atomic mass is 9.92. The van der Waals surface area contributed by atoms with Crippen molar-refractivity contribution in [3.8, 4) is 5.69 Å². The number of benzene rings is 1. The molecule has 3 rings (SSSR count). The molecule has 0 atom stereocenters. The van der Waals surface area contributed by atoms with E-state index in [1.807, 2.05) is 36.4 Å². The molecule has 0 spiro atoms. The number of para-hydroxylation sites is 1. The molecule has 0 saturated heterocycles. The van der Waals surface area contributed by atoms with E-state index in [4.69, 9.17) is 5.10 Å². The number of aromatic nitrogens is 4. The molecule has 0 aliphatic carbocycles. The fourth-order valence-electron chi connectivity index (χ4n) is 2.48. The lowest BCUT2D eigenvalue weighted by Gasteiger charge is -2.14. The molecule has 2 aromatic heterocycles. The molecule has 3 aromatic rings. The summed E-state index contributed by atoms with van der Waals surface area (Å²) in [5.41, 5.74) is 1.70. The Balaban J connectivity index is 1.69. The normalized spacial score (nSPS) is 11.4. The summed E-state index contributed by atoms with van der Waals surface area (Å²) in [5.74, 6) is 0.813. The van der Waals surface area contributed by atoms with Gasteiger partial charge in [0.05, 0.1) is 17.1 Å². The van der Waals surface area contributed by atoms with Crippen LogP contribution in [0.25, 0.3) is 5.69 Å². The molecule has 0 unspecified atom stereocenters. The van der Waals surface area contributed by atoms with Crippen LogP contribution in [0.5, 0.6) is 0 Å². The number of thioether (sulfide) groups is 1. The van der Waals surface area contributed by atoms with Gasteiger partial charge < -0.3 is 10.6 Å². The summed E-state index contributed by atoms with van der Waals surface area (Å²) >= 11 is 2.84. The SMILES string of the molecule is CCCNc1nnc(SCC(=O)Nc2cc(C(C)(C)C)nn2-c2ccccc2)s1. The summed E-state index contributed by atoms with van der Waals surface area (Å²) in [7, 11) is 0. The minimum Gasteiger partial charge on any atom is -0.360 e. The Morgan fingerprint density at radius 3 is 2.66 bits per heavy atom. The van der Waals surface area contributed by atoms with Crippen molar-refractivity contribution in [3.05, 3.63) is 42.1 Å². The number of hydrogen-bond donors (Lipinski definition) is 2. The van der Waals surface area contributed by atoms with Crippen LogP contribution in [0.1, 0.15) is 39.8 Å². The van der Waals surface area contributed by atoms with E-state index in [-0.39, 0.29) is 17.1 Å². The zero-order chi connectivity index (χ0) is 20.9. The molecule has 29 heavy (non-hydrogen) atoms. The molecule has 2 N–H and O–H groups in total. The quantitative estimate of drug-likeness (QED) is 0.509. The molecule has 0 aliphatic heterocycles. The van der Waals surface area contributed by atoms with Crippen LogP contribution in [0.4, 0.5) is 10.9 Å². The first kappa shape index (κ1) is 21.3. The highest BCUT2D eigenvalue weighted by Crippen LogP contribution is 2.28. The summed E-state index contributed by atoms with van der Waals surface area (Å²) in [5, 5.41) is 19.9. The summed E-state index contributed by atoms with van der Waals surface area (Å²) in [4.78, 5) is 12.6. The molecule has 0 radical (unpaired) electrons. The maximum Gasteiger partial charge on any atom is 0.235 e. The van der Waals surface area contributed by atoms with Crippen LogP contribution in [0.15, 0.2) is 40.7 Å². The van der Waals surface area contributed by atoms with Gasteiger partial charge in [-0.15, -0.1) is 10.2 Å². The molecule has 0 bridgehead atoms. The van der Waals surface area contributed by atoms with Crippen molar-refractivity contribution in [2.75, 3.05) is 22.9 Å². The fraction of sp³-hybridized carbons (Fsp3) is 0.400. The third kappa shape index (κ3) is 5.80. The zero-order valence-corrected chi connectivity index (χ0v) is 18.7. The number of hydrogen-bond acceptors (Lipinski definition) is 7. The van der Waals surface area contributed by atoms with Gasteiger partial charge in [-0.2, -0.15) is 5.10 Å². The highest BCUT2D eigenvalue weighted by Gasteiger charge is 2.21. The zero-order valence-electron chi connectivity index (χ0n) is 17.1. The Bertz CT molecular complexity index is 946. The predicted molar refractivity (Wildman–Crippen MR) is 120 cm³/mol.